The number of methoxy groups -OCH3 is 2. The number of benzene rings is 2. The molecule has 2 aliphatic rings. The highest BCUT2D eigenvalue weighted by Gasteiger charge is 2.62. The minimum Gasteiger partial charge on any atom is -0.391 e. The number of aromatic nitrogens is 2. The first-order valence-electron chi connectivity index (χ1n) is 12.3. The van der Waals surface area contributed by atoms with Crippen LogP contribution in [0.2, 0.25) is 0 Å². The molecule has 1 N–H and O–H groups in total. The lowest BCUT2D eigenvalue weighted by Gasteiger charge is -2.52. The molecule has 0 amide bonds. The summed E-state index contributed by atoms with van der Waals surface area (Å²) >= 11 is 0. The smallest absolute Gasteiger partial charge is 0.391 e. The number of nitrogens with zero attached hydrogens (tertiary/aromatic N) is 2. The number of hydrogen-bond donors (Lipinski definition) is 1. The fourth-order valence-corrected chi connectivity index (χ4v) is 7.91. The van der Waals surface area contributed by atoms with E-state index in [0.717, 1.165) is 12.1 Å². The highest BCUT2D eigenvalue weighted by Crippen LogP contribution is 2.56. The lowest BCUT2D eigenvalue weighted by molar-refractivity contribution is -0.275. The lowest BCUT2D eigenvalue weighted by Crippen LogP contribution is -2.58. The molecule has 2 fully saturated rings. The van der Waals surface area contributed by atoms with Crippen LogP contribution in [0.25, 0.3) is 0 Å². The molecule has 38 heavy (non-hydrogen) atoms. The quantitative estimate of drug-likeness (QED) is 0.446. The van der Waals surface area contributed by atoms with Crippen LogP contribution in [0.15, 0.2) is 51.7 Å². The van der Waals surface area contributed by atoms with Crippen molar-refractivity contribution in [3.63, 3.8) is 0 Å². The van der Waals surface area contributed by atoms with Crippen LogP contribution in [-0.2, 0) is 31.5 Å². The molecule has 0 bridgehead atoms. The number of rotatable bonds is 7. The fourth-order valence-electron chi connectivity index (χ4n) is 5.73. The number of hydrogen-bond acceptors (Lipinski definition) is 7. The van der Waals surface area contributed by atoms with Gasteiger partial charge in [0.25, 0.3) is 0 Å². The van der Waals surface area contributed by atoms with Crippen LogP contribution in [0.1, 0.15) is 60.4 Å². The van der Waals surface area contributed by atoms with Gasteiger partial charge in [0.1, 0.15) is 16.9 Å². The van der Waals surface area contributed by atoms with Gasteiger partial charge in [-0.3, -0.25) is 0 Å². The summed E-state index contributed by atoms with van der Waals surface area (Å²) in [5.74, 6) is -3.61. The monoisotopic (exact) mass is 549 g/mol. The zero-order valence-electron chi connectivity index (χ0n) is 21.2. The third-order valence-corrected chi connectivity index (χ3v) is 10.3. The second-order valence-electron chi connectivity index (χ2n) is 10.0. The topological polar surface area (TPSA) is 115 Å². The molecule has 9 nitrogen and oxygen atoms in total. The highest BCUT2D eigenvalue weighted by atomic mass is 32.2. The maximum atomic E-state index is 15.7. The maximum Gasteiger partial charge on any atom is 0.434 e. The molecule has 1 saturated carbocycles. The van der Waals surface area contributed by atoms with Gasteiger partial charge in [0, 0.05) is 50.8 Å². The third kappa shape index (κ3) is 4.29. The van der Waals surface area contributed by atoms with Gasteiger partial charge in [0.05, 0.1) is 5.41 Å². The van der Waals surface area contributed by atoms with Crippen LogP contribution in [0.5, 0.6) is 0 Å². The van der Waals surface area contributed by atoms with E-state index < -0.39 is 43.9 Å². The molecule has 1 saturated heterocycles. The minimum atomic E-state index is -3.84. The Labute approximate surface area is 218 Å². The van der Waals surface area contributed by atoms with Gasteiger partial charge in [-0.25, -0.2) is 27.1 Å². The standard InChI is InChI=1S/C26H29F2N3O6S/c1-16-9-10-22(17-7-5-4-6-8-17)38(33,34)31(16)13-18-11-21(28)19(12-20(18)27)25(23-29-30-24(32)37-23)14-26(15-25,35-2)36-3/h4-8,11-12,16,22H,9-10,13-15H2,1-3H3,(H,30,32)/t16-,22+/m0/s1. The Kier molecular flexibility index (Phi) is 6.79. The van der Waals surface area contributed by atoms with Gasteiger partial charge in [0.2, 0.25) is 15.9 Å². The van der Waals surface area contributed by atoms with Gasteiger partial charge in [-0.05, 0) is 37.5 Å². The predicted molar refractivity (Wildman–Crippen MR) is 133 cm³/mol. The van der Waals surface area contributed by atoms with Crippen molar-refractivity contribution in [3.8, 4) is 0 Å². The van der Waals surface area contributed by atoms with Gasteiger partial charge in [-0.2, -0.15) is 4.31 Å². The Bertz CT molecular complexity index is 1480. The van der Waals surface area contributed by atoms with E-state index >= 15 is 8.78 Å². The average molecular weight is 550 g/mol. The normalized spacial score (nSPS) is 24.1. The van der Waals surface area contributed by atoms with E-state index in [1.54, 1.807) is 31.2 Å². The Morgan fingerprint density at radius 1 is 1.11 bits per heavy atom. The Hall–Kier alpha value is -2.93. The van der Waals surface area contributed by atoms with Crippen LogP contribution < -0.4 is 5.76 Å². The summed E-state index contributed by atoms with van der Waals surface area (Å²) in [5, 5.41) is 5.28. The number of nitrogens with one attached hydrogen (secondary N) is 1. The van der Waals surface area contributed by atoms with Gasteiger partial charge in [-0.15, -0.1) is 5.10 Å². The van der Waals surface area contributed by atoms with Gasteiger partial charge in [-0.1, -0.05) is 30.3 Å². The molecular formula is C26H29F2N3O6S. The van der Waals surface area contributed by atoms with Crippen molar-refractivity contribution in [2.75, 3.05) is 14.2 Å². The van der Waals surface area contributed by atoms with Crippen molar-refractivity contribution in [3.05, 3.63) is 87.2 Å². The largest absolute Gasteiger partial charge is 0.434 e. The second kappa shape index (κ2) is 9.67. The summed E-state index contributed by atoms with van der Waals surface area (Å²) in [6.45, 7) is 1.44. The molecule has 2 aromatic carbocycles. The van der Waals surface area contributed by atoms with Crippen LogP contribution in [0, 0.1) is 11.6 Å². The average Bonchev–Trinajstić information content (AvgIpc) is 3.31. The molecule has 1 aliphatic carbocycles. The van der Waals surface area contributed by atoms with Crippen molar-refractivity contribution < 1.29 is 31.1 Å². The van der Waals surface area contributed by atoms with E-state index in [4.69, 9.17) is 13.9 Å². The highest BCUT2D eigenvalue weighted by molar-refractivity contribution is 7.89. The fraction of sp³-hybridized carbons (Fsp3) is 0.462. The van der Waals surface area contributed by atoms with Crippen molar-refractivity contribution >= 4 is 10.0 Å². The molecule has 1 aromatic heterocycles. The first kappa shape index (κ1) is 26.7. The molecule has 0 unspecified atom stereocenters. The van der Waals surface area contributed by atoms with E-state index in [-0.39, 0.29) is 42.4 Å². The summed E-state index contributed by atoms with van der Waals surface area (Å²) in [6.07, 6.45) is 1.07. The number of halogens is 2. The zero-order chi connectivity index (χ0) is 27.3. The summed E-state index contributed by atoms with van der Waals surface area (Å²) in [6, 6.07) is 10.5. The van der Waals surface area contributed by atoms with Crippen molar-refractivity contribution in [2.24, 2.45) is 0 Å². The molecule has 204 valence electrons. The third-order valence-electron chi connectivity index (χ3n) is 7.91. The number of H-pyrrole nitrogens is 1. The molecule has 1 aliphatic heterocycles. The van der Waals surface area contributed by atoms with E-state index in [1.165, 1.54) is 18.5 Å². The first-order chi connectivity index (χ1) is 18.0. The lowest BCUT2D eigenvalue weighted by atomic mass is 9.60. The van der Waals surface area contributed by atoms with E-state index in [2.05, 4.69) is 10.2 Å². The number of sulfonamides is 1. The second-order valence-corrected chi connectivity index (χ2v) is 12.1. The molecule has 0 spiro atoms. The molecule has 2 atom stereocenters. The predicted octanol–water partition coefficient (Wildman–Crippen LogP) is 3.77. The first-order valence-corrected chi connectivity index (χ1v) is 13.8. The molecular weight excluding hydrogens is 520 g/mol. The van der Waals surface area contributed by atoms with Crippen LogP contribution in [0.4, 0.5) is 8.78 Å². The number of aromatic amines is 1. The molecule has 0 radical (unpaired) electrons. The number of ether oxygens (including phenoxy) is 2. The summed E-state index contributed by atoms with van der Waals surface area (Å²) in [7, 11) is -0.986. The molecule has 12 heteroatoms. The summed E-state index contributed by atoms with van der Waals surface area (Å²) in [5.41, 5.74) is -0.843. The van der Waals surface area contributed by atoms with Crippen molar-refractivity contribution in [1.29, 1.82) is 0 Å². The zero-order valence-corrected chi connectivity index (χ0v) is 22.1. The van der Waals surface area contributed by atoms with Crippen LogP contribution in [-0.4, -0.2) is 49.0 Å². The summed E-state index contributed by atoms with van der Waals surface area (Å²) < 4.78 is 75.7. The maximum absolute atomic E-state index is 15.7. The van der Waals surface area contributed by atoms with Crippen LogP contribution in [0.3, 0.4) is 0 Å². The van der Waals surface area contributed by atoms with Gasteiger partial charge >= 0.3 is 5.76 Å². The van der Waals surface area contributed by atoms with E-state index in [0.29, 0.717) is 18.4 Å². The SMILES string of the molecule is COC1(OC)CC(c2n[nH]c(=O)o2)(c2cc(F)c(CN3[C@@H](C)CC[C@H](c4ccccc4)S3(=O)=O)cc2F)C1. The van der Waals surface area contributed by atoms with Gasteiger partial charge < -0.3 is 13.9 Å². The van der Waals surface area contributed by atoms with Crippen molar-refractivity contribution in [1.82, 2.24) is 14.5 Å². The van der Waals surface area contributed by atoms with E-state index in [9.17, 15) is 13.2 Å². The van der Waals surface area contributed by atoms with Gasteiger partial charge in [0.15, 0.2) is 5.79 Å². The van der Waals surface area contributed by atoms with Crippen molar-refractivity contribution in [2.45, 2.75) is 61.6 Å². The Morgan fingerprint density at radius 2 is 1.79 bits per heavy atom. The Morgan fingerprint density at radius 3 is 2.39 bits per heavy atom. The molecule has 2 heterocycles. The van der Waals surface area contributed by atoms with E-state index in [1.807, 2.05) is 6.07 Å². The summed E-state index contributed by atoms with van der Waals surface area (Å²) in [4.78, 5) is 11.7. The Balaban J connectivity index is 1.50. The molecule has 3 aromatic rings. The molecule has 5 rings (SSSR count). The minimum absolute atomic E-state index is 0.0206. The van der Waals surface area contributed by atoms with Crippen LogP contribution >= 0.6 is 0 Å².